The maximum atomic E-state index is 9.95. The third-order valence-corrected chi connectivity index (χ3v) is 4.22. The topological polar surface area (TPSA) is 70.1 Å². The van der Waals surface area contributed by atoms with E-state index in [1.165, 1.54) is 6.07 Å². The van der Waals surface area contributed by atoms with E-state index in [9.17, 15) is 10.2 Å². The lowest BCUT2D eigenvalue weighted by Crippen LogP contribution is -1.88. The van der Waals surface area contributed by atoms with Crippen LogP contribution in [-0.2, 0) is 0 Å². The van der Waals surface area contributed by atoms with Gasteiger partial charge < -0.3 is 14.6 Å². The van der Waals surface area contributed by atoms with Crippen molar-refractivity contribution in [1.29, 1.82) is 0 Å². The first kappa shape index (κ1) is 15.9. The predicted octanol–water partition coefficient (Wildman–Crippen LogP) is 4.47. The molecule has 0 saturated carbocycles. The number of aromatic hydroxyl groups is 2. The Morgan fingerprint density at radius 3 is 2.58 bits per heavy atom. The molecule has 0 fully saturated rings. The normalized spacial score (nSPS) is 11.4. The number of rotatable bonds is 3. The van der Waals surface area contributed by atoms with Gasteiger partial charge in [-0.3, -0.25) is 4.99 Å². The van der Waals surface area contributed by atoms with Crippen molar-refractivity contribution in [2.24, 2.45) is 4.99 Å². The molecule has 5 heteroatoms. The first-order valence-corrected chi connectivity index (χ1v) is 8.21. The van der Waals surface area contributed by atoms with Gasteiger partial charge in [0.25, 0.3) is 0 Å². The monoisotopic (exact) mass is 343 g/mol. The van der Waals surface area contributed by atoms with Crippen molar-refractivity contribution in [3.05, 3.63) is 78.1 Å². The summed E-state index contributed by atoms with van der Waals surface area (Å²) >= 11 is 0. The number of aliphatic imine (C=N–C) groups is 1. The fraction of sp³-hybridized carbons (Fsp3) is 0.0476. The summed E-state index contributed by atoms with van der Waals surface area (Å²) < 4.78 is 1.98. The Morgan fingerprint density at radius 1 is 1.04 bits per heavy atom. The van der Waals surface area contributed by atoms with Crippen molar-refractivity contribution in [2.75, 3.05) is 0 Å². The molecular weight excluding hydrogens is 326 g/mol. The summed E-state index contributed by atoms with van der Waals surface area (Å²) in [5, 5.41) is 19.4. The molecule has 0 bridgehead atoms. The molecule has 4 rings (SSSR count). The second kappa shape index (κ2) is 6.37. The molecule has 2 aromatic carbocycles. The first-order valence-electron chi connectivity index (χ1n) is 8.21. The smallest absolute Gasteiger partial charge is 0.137 e. The van der Waals surface area contributed by atoms with Crippen molar-refractivity contribution in [3.63, 3.8) is 0 Å². The van der Waals surface area contributed by atoms with Crippen molar-refractivity contribution < 1.29 is 10.2 Å². The van der Waals surface area contributed by atoms with Crippen LogP contribution in [0.15, 0.2) is 72.0 Å². The molecule has 0 unspecified atom stereocenters. The Balaban J connectivity index is 1.60. The molecule has 2 N–H and O–H groups in total. The van der Waals surface area contributed by atoms with Gasteiger partial charge in [0.1, 0.15) is 17.1 Å². The maximum absolute atomic E-state index is 9.95. The molecular formula is C21H17N3O2. The van der Waals surface area contributed by atoms with E-state index in [0.717, 1.165) is 28.2 Å². The standard InChI is InChI=1S/C21H17N3O2/c1-14-10-17(25)11-20(26)18(14)12-22-16-7-5-15(6-8-16)19-13-24-9-3-2-4-21(24)23-19/h2-13,25-26H,1H3. The van der Waals surface area contributed by atoms with Gasteiger partial charge in [-0.05, 0) is 42.8 Å². The van der Waals surface area contributed by atoms with Crippen molar-refractivity contribution >= 4 is 17.5 Å². The molecule has 2 aromatic heterocycles. The largest absolute Gasteiger partial charge is 0.508 e. The number of hydrogen-bond donors (Lipinski definition) is 2. The van der Waals surface area contributed by atoms with E-state index >= 15 is 0 Å². The van der Waals surface area contributed by atoms with Crippen LogP contribution < -0.4 is 0 Å². The fourth-order valence-electron chi connectivity index (χ4n) is 2.86. The van der Waals surface area contributed by atoms with Gasteiger partial charge in [-0.1, -0.05) is 18.2 Å². The van der Waals surface area contributed by atoms with E-state index in [2.05, 4.69) is 9.98 Å². The van der Waals surface area contributed by atoms with Gasteiger partial charge in [0.2, 0.25) is 0 Å². The molecule has 0 aliphatic carbocycles. The van der Waals surface area contributed by atoms with Crippen LogP contribution in [0.25, 0.3) is 16.9 Å². The van der Waals surface area contributed by atoms with E-state index in [4.69, 9.17) is 0 Å². The summed E-state index contributed by atoms with van der Waals surface area (Å²) in [6.45, 7) is 1.81. The van der Waals surface area contributed by atoms with Crippen LogP contribution in [0.5, 0.6) is 11.5 Å². The van der Waals surface area contributed by atoms with E-state index in [1.807, 2.05) is 66.2 Å². The summed E-state index contributed by atoms with van der Waals surface area (Å²) in [6.07, 6.45) is 5.56. The number of phenolic OH excluding ortho intramolecular Hbond substituents is 2. The molecule has 128 valence electrons. The number of benzene rings is 2. The quantitative estimate of drug-likeness (QED) is 0.539. The molecule has 0 atom stereocenters. The number of phenols is 2. The Bertz CT molecular complexity index is 1060. The third-order valence-electron chi connectivity index (χ3n) is 4.22. The Kier molecular flexibility index (Phi) is 3.89. The summed E-state index contributed by atoms with van der Waals surface area (Å²) in [5.41, 5.74) is 4.93. The van der Waals surface area contributed by atoms with Gasteiger partial charge in [0, 0.05) is 35.8 Å². The zero-order valence-electron chi connectivity index (χ0n) is 14.2. The minimum absolute atomic E-state index is 0.00701. The van der Waals surface area contributed by atoms with Crippen LogP contribution >= 0.6 is 0 Å². The number of imidazole rings is 1. The summed E-state index contributed by atoms with van der Waals surface area (Å²) in [4.78, 5) is 9.02. The molecule has 0 saturated heterocycles. The summed E-state index contributed by atoms with van der Waals surface area (Å²) in [6, 6.07) is 16.5. The highest BCUT2D eigenvalue weighted by molar-refractivity contribution is 5.87. The molecule has 4 aromatic rings. The summed E-state index contributed by atoms with van der Waals surface area (Å²) in [5.74, 6) is 0.0431. The first-order chi connectivity index (χ1) is 12.6. The van der Waals surface area contributed by atoms with E-state index in [-0.39, 0.29) is 11.5 Å². The van der Waals surface area contributed by atoms with Crippen LogP contribution in [0, 0.1) is 6.92 Å². The molecule has 26 heavy (non-hydrogen) atoms. The lowest BCUT2D eigenvalue weighted by atomic mass is 10.1. The number of nitrogens with zero attached hydrogens (tertiary/aromatic N) is 3. The lowest BCUT2D eigenvalue weighted by Gasteiger charge is -2.04. The number of aryl methyl sites for hydroxylation is 1. The van der Waals surface area contributed by atoms with E-state index in [0.29, 0.717) is 5.56 Å². The maximum Gasteiger partial charge on any atom is 0.137 e. The van der Waals surface area contributed by atoms with Crippen LogP contribution in [0.4, 0.5) is 5.69 Å². The van der Waals surface area contributed by atoms with Crippen LogP contribution in [0.3, 0.4) is 0 Å². The van der Waals surface area contributed by atoms with Crippen molar-refractivity contribution in [3.8, 4) is 22.8 Å². The SMILES string of the molecule is Cc1cc(O)cc(O)c1C=Nc1ccc(-c2cn3ccccc3n2)cc1. The van der Waals surface area contributed by atoms with Gasteiger partial charge in [-0.15, -0.1) is 0 Å². The molecule has 0 amide bonds. The molecule has 2 heterocycles. The molecule has 0 aliphatic rings. The van der Waals surface area contributed by atoms with Crippen LogP contribution in [0.1, 0.15) is 11.1 Å². The zero-order chi connectivity index (χ0) is 18.1. The average Bonchev–Trinajstić information content (AvgIpc) is 3.05. The van der Waals surface area contributed by atoms with Gasteiger partial charge >= 0.3 is 0 Å². The van der Waals surface area contributed by atoms with Crippen molar-refractivity contribution in [1.82, 2.24) is 9.38 Å². The second-order valence-electron chi connectivity index (χ2n) is 6.09. The highest BCUT2D eigenvalue weighted by atomic mass is 16.3. The lowest BCUT2D eigenvalue weighted by molar-refractivity contribution is 0.449. The Morgan fingerprint density at radius 2 is 1.85 bits per heavy atom. The zero-order valence-corrected chi connectivity index (χ0v) is 14.2. The van der Waals surface area contributed by atoms with Crippen LogP contribution in [-0.4, -0.2) is 25.8 Å². The molecule has 5 nitrogen and oxygen atoms in total. The number of aromatic nitrogens is 2. The molecule has 0 radical (unpaired) electrons. The van der Waals surface area contributed by atoms with Gasteiger partial charge in [-0.25, -0.2) is 4.98 Å². The second-order valence-corrected chi connectivity index (χ2v) is 6.09. The third kappa shape index (κ3) is 3.02. The van der Waals surface area contributed by atoms with Gasteiger partial charge in [-0.2, -0.15) is 0 Å². The summed E-state index contributed by atoms with van der Waals surface area (Å²) in [7, 11) is 0. The fourth-order valence-corrected chi connectivity index (χ4v) is 2.86. The van der Waals surface area contributed by atoms with E-state index in [1.54, 1.807) is 12.3 Å². The average molecular weight is 343 g/mol. The minimum Gasteiger partial charge on any atom is -0.508 e. The molecule has 0 aliphatic heterocycles. The number of pyridine rings is 1. The molecule has 0 spiro atoms. The Labute approximate surface area is 150 Å². The van der Waals surface area contributed by atoms with E-state index < -0.39 is 0 Å². The number of hydrogen-bond acceptors (Lipinski definition) is 4. The number of fused-ring (bicyclic) bond motifs is 1. The van der Waals surface area contributed by atoms with Gasteiger partial charge in [0.15, 0.2) is 0 Å². The Hall–Kier alpha value is -3.60. The van der Waals surface area contributed by atoms with Crippen LogP contribution in [0.2, 0.25) is 0 Å². The highest BCUT2D eigenvalue weighted by Crippen LogP contribution is 2.27. The van der Waals surface area contributed by atoms with Crippen molar-refractivity contribution in [2.45, 2.75) is 6.92 Å². The predicted molar refractivity (Wildman–Crippen MR) is 102 cm³/mol. The van der Waals surface area contributed by atoms with Gasteiger partial charge in [0.05, 0.1) is 11.4 Å². The highest BCUT2D eigenvalue weighted by Gasteiger charge is 2.06. The minimum atomic E-state index is 0.00701.